The van der Waals surface area contributed by atoms with Crippen LogP contribution in [0, 0.1) is 0 Å². The van der Waals surface area contributed by atoms with E-state index in [-0.39, 0.29) is 30.9 Å². The third-order valence-corrected chi connectivity index (χ3v) is 6.52. The van der Waals surface area contributed by atoms with Gasteiger partial charge >= 0.3 is 0 Å². The molecule has 0 atom stereocenters. The van der Waals surface area contributed by atoms with Crippen LogP contribution in [0.3, 0.4) is 0 Å². The summed E-state index contributed by atoms with van der Waals surface area (Å²) in [7, 11) is 0. The van der Waals surface area contributed by atoms with Crippen LogP contribution in [0.5, 0.6) is 5.75 Å². The molecule has 2 aromatic heterocycles. The molecule has 0 radical (unpaired) electrons. The zero-order valence-electron chi connectivity index (χ0n) is 19.2. The number of aromatic nitrogens is 2. The number of hydrogen-bond donors (Lipinski definition) is 2. The number of nitrogens with one attached hydrogen (secondary N) is 2. The Morgan fingerprint density at radius 1 is 1.15 bits per heavy atom. The Hall–Kier alpha value is -3.30. The number of likely N-dealkylation sites (tertiary alicyclic amines) is 1. The van der Waals surface area contributed by atoms with Gasteiger partial charge in [-0.1, -0.05) is 19.1 Å². The van der Waals surface area contributed by atoms with Crippen molar-refractivity contribution in [2.75, 3.05) is 31.6 Å². The maximum Gasteiger partial charge on any atom is 0.258 e. The molecular formula is C25H29N5O3S. The quantitative estimate of drug-likeness (QED) is 0.489. The number of rotatable bonds is 9. The van der Waals surface area contributed by atoms with Gasteiger partial charge in [0.1, 0.15) is 5.75 Å². The van der Waals surface area contributed by atoms with E-state index in [0.29, 0.717) is 10.9 Å². The second kappa shape index (κ2) is 11.7. The minimum Gasteiger partial charge on any atom is -0.484 e. The molecule has 178 valence electrons. The highest BCUT2D eigenvalue weighted by molar-refractivity contribution is 7.14. The largest absolute Gasteiger partial charge is 0.484 e. The van der Waals surface area contributed by atoms with Gasteiger partial charge in [0.2, 0.25) is 5.91 Å². The van der Waals surface area contributed by atoms with E-state index in [0.717, 1.165) is 49.3 Å². The van der Waals surface area contributed by atoms with Crippen LogP contribution in [0.4, 0.5) is 5.13 Å². The summed E-state index contributed by atoms with van der Waals surface area (Å²) >= 11 is 1.38. The molecule has 1 aromatic carbocycles. The first-order valence-corrected chi connectivity index (χ1v) is 12.4. The highest BCUT2D eigenvalue weighted by Crippen LogP contribution is 2.24. The molecule has 1 saturated heterocycles. The van der Waals surface area contributed by atoms with Gasteiger partial charge in [0.15, 0.2) is 11.7 Å². The van der Waals surface area contributed by atoms with E-state index in [4.69, 9.17) is 4.74 Å². The molecule has 0 saturated carbocycles. The van der Waals surface area contributed by atoms with E-state index in [1.165, 1.54) is 11.3 Å². The van der Waals surface area contributed by atoms with Crippen LogP contribution < -0.4 is 15.4 Å². The summed E-state index contributed by atoms with van der Waals surface area (Å²) in [6.45, 7) is 5.19. The Morgan fingerprint density at radius 3 is 2.71 bits per heavy atom. The second-order valence-corrected chi connectivity index (χ2v) is 9.07. The van der Waals surface area contributed by atoms with Crippen molar-refractivity contribution in [1.82, 2.24) is 20.2 Å². The molecule has 1 fully saturated rings. The molecule has 0 bridgehead atoms. The lowest BCUT2D eigenvalue weighted by Crippen LogP contribution is -2.45. The van der Waals surface area contributed by atoms with Gasteiger partial charge in [-0.15, -0.1) is 11.3 Å². The summed E-state index contributed by atoms with van der Waals surface area (Å²) < 4.78 is 5.67. The van der Waals surface area contributed by atoms with Crippen LogP contribution in [-0.4, -0.2) is 59.0 Å². The van der Waals surface area contributed by atoms with Gasteiger partial charge in [-0.3, -0.25) is 14.6 Å². The fraction of sp³-hybridized carbons (Fsp3) is 0.360. The van der Waals surface area contributed by atoms with Crippen LogP contribution >= 0.6 is 11.3 Å². The van der Waals surface area contributed by atoms with Crippen molar-refractivity contribution in [2.45, 2.75) is 32.2 Å². The minimum absolute atomic E-state index is 0.0411. The zero-order chi connectivity index (χ0) is 23.8. The highest BCUT2D eigenvalue weighted by Gasteiger charge is 2.19. The number of anilines is 1. The van der Waals surface area contributed by atoms with E-state index in [1.807, 2.05) is 29.6 Å². The molecule has 3 heterocycles. The number of piperidine rings is 1. The number of carbonyl (C=O) groups is 2. The number of nitrogens with zero attached hydrogens (tertiary/aromatic N) is 3. The maximum atomic E-state index is 12.5. The second-order valence-electron chi connectivity index (χ2n) is 8.21. The summed E-state index contributed by atoms with van der Waals surface area (Å²) in [5.74, 6) is 0.284. The molecule has 2 amide bonds. The lowest BCUT2D eigenvalue weighted by molar-refractivity contribution is -0.124. The fourth-order valence-corrected chi connectivity index (χ4v) is 4.63. The number of pyridine rings is 1. The van der Waals surface area contributed by atoms with Crippen molar-refractivity contribution in [2.24, 2.45) is 0 Å². The first-order chi connectivity index (χ1) is 16.6. The fourth-order valence-electron chi connectivity index (χ4n) is 3.89. The standard InChI is InChI=1S/C25H29N5O3S/c1-2-30-12-8-20(9-13-30)27-24(32)16-33-21-5-3-4-18(14-21)15-23(31)29-25-28-22(17-34-25)19-6-10-26-11-7-19/h3-7,10-11,14,17,20H,2,8-9,12-13,15-16H2,1H3,(H,27,32)(H,28,29,31). The molecule has 8 nitrogen and oxygen atoms in total. The van der Waals surface area contributed by atoms with E-state index in [1.54, 1.807) is 24.5 Å². The number of ether oxygens (including phenoxy) is 1. The molecule has 0 spiro atoms. The van der Waals surface area contributed by atoms with Gasteiger partial charge in [-0.05, 0) is 49.2 Å². The van der Waals surface area contributed by atoms with Crippen molar-refractivity contribution in [3.63, 3.8) is 0 Å². The van der Waals surface area contributed by atoms with Gasteiger partial charge in [0, 0.05) is 42.5 Å². The topological polar surface area (TPSA) is 96.5 Å². The number of benzene rings is 1. The Kier molecular flexibility index (Phi) is 8.21. The summed E-state index contributed by atoms with van der Waals surface area (Å²) in [6.07, 6.45) is 5.53. The average molecular weight is 480 g/mol. The summed E-state index contributed by atoms with van der Waals surface area (Å²) in [4.78, 5) is 35.7. The zero-order valence-corrected chi connectivity index (χ0v) is 20.0. The van der Waals surface area contributed by atoms with E-state index >= 15 is 0 Å². The Balaban J connectivity index is 1.23. The number of thiazole rings is 1. The molecule has 2 N–H and O–H groups in total. The lowest BCUT2D eigenvalue weighted by Gasteiger charge is -2.31. The van der Waals surface area contributed by atoms with Crippen LogP contribution in [0.25, 0.3) is 11.3 Å². The summed E-state index contributed by atoms with van der Waals surface area (Å²) in [5, 5.41) is 8.35. The van der Waals surface area contributed by atoms with Gasteiger partial charge in [-0.25, -0.2) is 4.98 Å². The van der Waals surface area contributed by atoms with Gasteiger partial charge in [-0.2, -0.15) is 0 Å². The molecule has 9 heteroatoms. The third-order valence-electron chi connectivity index (χ3n) is 5.76. The van der Waals surface area contributed by atoms with Crippen molar-refractivity contribution >= 4 is 28.3 Å². The van der Waals surface area contributed by atoms with Crippen molar-refractivity contribution in [3.8, 4) is 17.0 Å². The first kappa shape index (κ1) is 23.8. The normalized spacial score (nSPS) is 14.5. The van der Waals surface area contributed by atoms with Crippen molar-refractivity contribution in [3.05, 3.63) is 59.7 Å². The van der Waals surface area contributed by atoms with Gasteiger partial charge in [0.25, 0.3) is 5.91 Å². The predicted octanol–water partition coefficient (Wildman–Crippen LogP) is 3.37. The highest BCUT2D eigenvalue weighted by atomic mass is 32.1. The SMILES string of the molecule is CCN1CCC(NC(=O)COc2cccc(CC(=O)Nc3nc(-c4ccncc4)cs3)c2)CC1. The van der Waals surface area contributed by atoms with Gasteiger partial charge in [0.05, 0.1) is 12.1 Å². The van der Waals surface area contributed by atoms with Crippen LogP contribution in [-0.2, 0) is 16.0 Å². The third kappa shape index (κ3) is 6.85. The monoisotopic (exact) mass is 479 g/mol. The average Bonchev–Trinajstić information content (AvgIpc) is 3.32. The first-order valence-electron chi connectivity index (χ1n) is 11.5. The molecule has 0 unspecified atom stereocenters. The number of carbonyl (C=O) groups excluding carboxylic acids is 2. The van der Waals surface area contributed by atoms with Crippen LogP contribution in [0.15, 0.2) is 54.2 Å². The number of amides is 2. The molecule has 34 heavy (non-hydrogen) atoms. The van der Waals surface area contributed by atoms with E-state index in [9.17, 15) is 9.59 Å². The molecular weight excluding hydrogens is 450 g/mol. The molecule has 1 aliphatic heterocycles. The van der Waals surface area contributed by atoms with E-state index < -0.39 is 0 Å². The number of hydrogen-bond acceptors (Lipinski definition) is 7. The Bertz CT molecular complexity index is 1100. The molecule has 3 aromatic rings. The molecule has 1 aliphatic rings. The van der Waals surface area contributed by atoms with Crippen molar-refractivity contribution < 1.29 is 14.3 Å². The smallest absolute Gasteiger partial charge is 0.258 e. The van der Waals surface area contributed by atoms with E-state index in [2.05, 4.69) is 32.4 Å². The lowest BCUT2D eigenvalue weighted by atomic mass is 10.1. The maximum absolute atomic E-state index is 12.5. The predicted molar refractivity (Wildman–Crippen MR) is 133 cm³/mol. The molecule has 4 rings (SSSR count). The van der Waals surface area contributed by atoms with Crippen molar-refractivity contribution in [1.29, 1.82) is 0 Å². The molecule has 0 aliphatic carbocycles. The Labute approximate surface area is 203 Å². The summed E-state index contributed by atoms with van der Waals surface area (Å²) in [5.41, 5.74) is 2.55. The summed E-state index contributed by atoms with van der Waals surface area (Å²) in [6, 6.07) is 11.2. The minimum atomic E-state index is -0.163. The Morgan fingerprint density at radius 2 is 1.94 bits per heavy atom. The van der Waals surface area contributed by atoms with Crippen LogP contribution in [0.2, 0.25) is 0 Å². The van der Waals surface area contributed by atoms with Crippen LogP contribution in [0.1, 0.15) is 25.3 Å². The van der Waals surface area contributed by atoms with Gasteiger partial charge < -0.3 is 20.3 Å².